The molecule has 3 unspecified atom stereocenters. The smallest absolute Gasteiger partial charge is 0.236 e. The van der Waals surface area contributed by atoms with Crippen LogP contribution < -0.4 is 10.2 Å². The van der Waals surface area contributed by atoms with Gasteiger partial charge in [0.15, 0.2) is 0 Å². The fraction of sp³-hybridized carbons (Fsp3) is 0.529. The van der Waals surface area contributed by atoms with Crippen LogP contribution >= 0.6 is 0 Å². The number of amides is 2. The van der Waals surface area contributed by atoms with E-state index in [9.17, 15) is 9.59 Å². The van der Waals surface area contributed by atoms with Gasteiger partial charge in [-0.2, -0.15) is 0 Å². The molecule has 0 radical (unpaired) electrons. The molecule has 0 spiro atoms. The summed E-state index contributed by atoms with van der Waals surface area (Å²) in [4.78, 5) is 26.4. The first-order chi connectivity index (χ1) is 10.1. The molecular formula is C17H22N2O2. The summed E-state index contributed by atoms with van der Waals surface area (Å²) in [5.41, 5.74) is 1.83. The average molecular weight is 286 g/mol. The number of nitrogens with one attached hydrogen (secondary N) is 1. The highest BCUT2D eigenvalue weighted by atomic mass is 16.2. The molecule has 1 N–H and O–H groups in total. The molecule has 1 aromatic rings. The lowest BCUT2D eigenvalue weighted by Crippen LogP contribution is -2.46. The molecule has 4 nitrogen and oxygen atoms in total. The van der Waals surface area contributed by atoms with E-state index in [1.807, 2.05) is 24.3 Å². The van der Waals surface area contributed by atoms with E-state index in [1.54, 1.807) is 0 Å². The minimum Gasteiger partial charge on any atom is -0.310 e. The topological polar surface area (TPSA) is 49.4 Å². The van der Waals surface area contributed by atoms with Gasteiger partial charge in [-0.05, 0) is 50.4 Å². The highest BCUT2D eigenvalue weighted by Crippen LogP contribution is 2.40. The van der Waals surface area contributed by atoms with Crippen molar-refractivity contribution in [3.05, 3.63) is 29.8 Å². The third-order valence-electron chi connectivity index (χ3n) is 4.71. The fourth-order valence-electron chi connectivity index (χ4n) is 3.52. The van der Waals surface area contributed by atoms with Crippen LogP contribution in [0.2, 0.25) is 0 Å². The minimum absolute atomic E-state index is 0.0120. The molecule has 2 amide bonds. The first-order valence-corrected chi connectivity index (χ1v) is 7.83. The van der Waals surface area contributed by atoms with Crippen LogP contribution in [0, 0.1) is 11.8 Å². The number of carbonyl (C=O) groups is 2. The normalized spacial score (nSPS) is 26.3. The molecule has 3 rings (SSSR count). The molecule has 1 saturated carbocycles. The number of benzene rings is 1. The van der Waals surface area contributed by atoms with Crippen molar-refractivity contribution >= 4 is 17.5 Å². The molecule has 1 heterocycles. The number of hydrogen-bond acceptors (Lipinski definition) is 3. The molecule has 2 bridgehead atoms. The average Bonchev–Trinajstić information content (AvgIpc) is 2.93. The zero-order chi connectivity index (χ0) is 15.0. The molecule has 1 aliphatic heterocycles. The van der Waals surface area contributed by atoms with Gasteiger partial charge in [0.1, 0.15) is 0 Å². The molecule has 1 aromatic carbocycles. The molecular weight excluding hydrogens is 264 g/mol. The minimum atomic E-state index is -0.0120. The van der Waals surface area contributed by atoms with Gasteiger partial charge in [0.2, 0.25) is 11.8 Å². The Hall–Kier alpha value is -1.68. The molecule has 21 heavy (non-hydrogen) atoms. The second-order valence-corrected chi connectivity index (χ2v) is 6.09. The summed E-state index contributed by atoms with van der Waals surface area (Å²) in [6.45, 7) is 5.04. The van der Waals surface area contributed by atoms with Crippen LogP contribution in [0.25, 0.3) is 0 Å². The van der Waals surface area contributed by atoms with Crippen LogP contribution in [0.15, 0.2) is 24.3 Å². The van der Waals surface area contributed by atoms with Crippen LogP contribution in [-0.2, 0) is 9.59 Å². The quantitative estimate of drug-likeness (QED) is 0.866. The summed E-state index contributed by atoms with van der Waals surface area (Å²) in [7, 11) is 0. The molecule has 2 aliphatic rings. The van der Waals surface area contributed by atoms with Gasteiger partial charge < -0.3 is 5.32 Å². The van der Waals surface area contributed by atoms with Crippen LogP contribution in [0.3, 0.4) is 0 Å². The van der Waals surface area contributed by atoms with Gasteiger partial charge in [0.05, 0.1) is 5.69 Å². The summed E-state index contributed by atoms with van der Waals surface area (Å²) in [5.74, 6) is 0.0640. The van der Waals surface area contributed by atoms with Crippen molar-refractivity contribution in [2.75, 3.05) is 11.4 Å². The van der Waals surface area contributed by atoms with Crippen molar-refractivity contribution < 1.29 is 9.59 Å². The number of carbonyl (C=O) groups excluding carboxylic acids is 2. The Balaban J connectivity index is 1.91. The Morgan fingerprint density at radius 1 is 1.24 bits per heavy atom. The van der Waals surface area contributed by atoms with Gasteiger partial charge in [-0.3, -0.25) is 14.5 Å². The van der Waals surface area contributed by atoms with Gasteiger partial charge in [-0.15, -0.1) is 0 Å². The largest absolute Gasteiger partial charge is 0.310 e. The van der Waals surface area contributed by atoms with E-state index in [4.69, 9.17) is 0 Å². The highest BCUT2D eigenvalue weighted by molar-refractivity contribution is 6.18. The maximum atomic E-state index is 12.5. The monoisotopic (exact) mass is 286 g/mol. The van der Waals surface area contributed by atoms with Crippen molar-refractivity contribution in [1.29, 1.82) is 0 Å². The van der Waals surface area contributed by atoms with Gasteiger partial charge in [0.25, 0.3) is 0 Å². The highest BCUT2D eigenvalue weighted by Gasteiger charge is 2.45. The zero-order valence-electron chi connectivity index (χ0n) is 12.6. The Bertz CT molecular complexity index is 548. The summed E-state index contributed by atoms with van der Waals surface area (Å²) in [6, 6.07) is 8.00. The van der Waals surface area contributed by atoms with E-state index >= 15 is 0 Å². The Labute approximate surface area is 125 Å². The predicted molar refractivity (Wildman–Crippen MR) is 81.9 cm³/mol. The lowest BCUT2D eigenvalue weighted by Gasteiger charge is -2.30. The van der Waals surface area contributed by atoms with E-state index < -0.39 is 0 Å². The second kappa shape index (κ2) is 5.60. The first-order valence-electron chi connectivity index (χ1n) is 7.83. The molecule has 4 heteroatoms. The number of rotatable bonds is 4. The van der Waals surface area contributed by atoms with Crippen molar-refractivity contribution in [1.82, 2.24) is 5.32 Å². The summed E-state index contributed by atoms with van der Waals surface area (Å²) in [5, 5.41) is 3.36. The summed E-state index contributed by atoms with van der Waals surface area (Å²) in [6.07, 6.45) is 2.47. The van der Waals surface area contributed by atoms with E-state index in [1.165, 1.54) is 4.90 Å². The van der Waals surface area contributed by atoms with Gasteiger partial charge in [-0.25, -0.2) is 0 Å². The summed E-state index contributed by atoms with van der Waals surface area (Å²) < 4.78 is 0. The number of hydrogen-bond donors (Lipinski definition) is 1. The number of nitrogens with zero attached hydrogens (tertiary/aromatic N) is 1. The predicted octanol–water partition coefficient (Wildman–Crippen LogP) is 2.65. The van der Waals surface area contributed by atoms with Crippen molar-refractivity contribution in [2.24, 2.45) is 11.8 Å². The molecule has 2 fully saturated rings. The maximum Gasteiger partial charge on any atom is 0.236 e. The second-order valence-electron chi connectivity index (χ2n) is 6.09. The SMILES string of the molecule is CCNC(C)c1cccc(N2C(=O)C3CCC(C3)C2=O)c1. The number of anilines is 1. The standard InChI is InChI=1S/C17H22N2O2/c1-3-18-11(2)12-5-4-6-15(10-12)19-16(20)13-7-8-14(9-13)17(19)21/h4-6,10-11,13-14,18H,3,7-9H2,1-2H3. The van der Waals surface area contributed by atoms with Crippen molar-refractivity contribution in [3.8, 4) is 0 Å². The van der Waals surface area contributed by atoms with Gasteiger partial charge >= 0.3 is 0 Å². The Kier molecular flexibility index (Phi) is 3.81. The van der Waals surface area contributed by atoms with Crippen LogP contribution in [0.5, 0.6) is 0 Å². The molecule has 1 aliphatic carbocycles. The molecule has 1 saturated heterocycles. The number of piperidine rings is 1. The molecule has 3 atom stereocenters. The van der Waals surface area contributed by atoms with Gasteiger partial charge in [0, 0.05) is 17.9 Å². The Morgan fingerprint density at radius 2 is 1.90 bits per heavy atom. The van der Waals surface area contributed by atoms with E-state index in [0.29, 0.717) is 0 Å². The third kappa shape index (κ3) is 2.48. The number of fused-ring (bicyclic) bond motifs is 2. The van der Waals surface area contributed by atoms with Crippen LogP contribution in [0.4, 0.5) is 5.69 Å². The van der Waals surface area contributed by atoms with Crippen LogP contribution in [-0.4, -0.2) is 18.4 Å². The lowest BCUT2D eigenvalue weighted by molar-refractivity contribution is -0.132. The van der Waals surface area contributed by atoms with E-state index in [-0.39, 0.29) is 29.7 Å². The molecule has 0 aromatic heterocycles. The third-order valence-corrected chi connectivity index (χ3v) is 4.71. The number of imide groups is 1. The fourth-order valence-corrected chi connectivity index (χ4v) is 3.52. The van der Waals surface area contributed by atoms with Crippen molar-refractivity contribution in [3.63, 3.8) is 0 Å². The van der Waals surface area contributed by atoms with E-state index in [2.05, 4.69) is 19.2 Å². The summed E-state index contributed by atoms with van der Waals surface area (Å²) >= 11 is 0. The van der Waals surface area contributed by atoms with E-state index in [0.717, 1.165) is 37.1 Å². The lowest BCUT2D eigenvalue weighted by atomic mass is 9.96. The zero-order valence-corrected chi connectivity index (χ0v) is 12.6. The first kappa shape index (κ1) is 14.3. The van der Waals surface area contributed by atoms with Crippen LogP contribution in [0.1, 0.15) is 44.7 Å². The van der Waals surface area contributed by atoms with Crippen molar-refractivity contribution in [2.45, 2.75) is 39.2 Å². The molecule has 112 valence electrons. The maximum absolute atomic E-state index is 12.5. The van der Waals surface area contributed by atoms with Gasteiger partial charge in [-0.1, -0.05) is 19.1 Å². The Morgan fingerprint density at radius 3 is 2.52 bits per heavy atom.